The maximum Gasteiger partial charge on any atom is 0.0198 e. The molecule has 0 spiro atoms. The second-order valence-electron chi connectivity index (χ2n) is 4.12. The Labute approximate surface area is 102 Å². The van der Waals surface area contributed by atoms with Crippen LogP contribution in [0.2, 0.25) is 0 Å². The quantitative estimate of drug-likeness (QED) is 0.419. The van der Waals surface area contributed by atoms with Crippen LogP contribution in [-0.4, -0.2) is 0 Å². The molecule has 0 aromatic rings. The van der Waals surface area contributed by atoms with Crippen LogP contribution in [0.15, 0.2) is 0 Å². The van der Waals surface area contributed by atoms with Gasteiger partial charge in [0.05, 0.1) is 0 Å². The number of unbranched alkanes of at least 4 members (excludes halogenated alkanes) is 7. The van der Waals surface area contributed by atoms with Crippen molar-refractivity contribution in [1.82, 2.24) is 0 Å². The maximum atomic E-state index is 3.21. The third-order valence-electron chi connectivity index (χ3n) is 2.44. The van der Waals surface area contributed by atoms with E-state index in [1.807, 2.05) is 0 Å². The fraction of sp³-hybridized carbons (Fsp3) is 0.750. The molecule has 0 heteroatoms. The second kappa shape index (κ2) is 14.1. The lowest BCUT2D eigenvalue weighted by Gasteiger charge is -1.88. The molecular weight excluding hydrogens is 192 g/mol. The molecule has 0 aliphatic heterocycles. The first-order chi connectivity index (χ1) is 7.91. The second-order valence-corrected chi connectivity index (χ2v) is 4.12. The molecule has 0 atom stereocenters. The third-order valence-corrected chi connectivity index (χ3v) is 2.44. The molecular formula is C16H26. The van der Waals surface area contributed by atoms with Crippen molar-refractivity contribution < 1.29 is 0 Å². The van der Waals surface area contributed by atoms with E-state index in [4.69, 9.17) is 0 Å². The van der Waals surface area contributed by atoms with E-state index >= 15 is 0 Å². The molecule has 0 saturated heterocycles. The molecule has 0 rings (SSSR count). The summed E-state index contributed by atoms with van der Waals surface area (Å²) in [5.74, 6) is 12.8. The molecule has 0 nitrogen and oxygen atoms in total. The first kappa shape index (κ1) is 15.1. The summed E-state index contributed by atoms with van der Waals surface area (Å²) in [5.41, 5.74) is 0. The van der Waals surface area contributed by atoms with Crippen molar-refractivity contribution >= 4 is 0 Å². The van der Waals surface area contributed by atoms with Crippen LogP contribution in [0.3, 0.4) is 0 Å². The number of hydrogen-bond acceptors (Lipinski definition) is 0. The van der Waals surface area contributed by atoms with Gasteiger partial charge in [0, 0.05) is 25.7 Å². The molecule has 0 aromatic heterocycles. The lowest BCUT2D eigenvalue weighted by Crippen LogP contribution is -1.73. The van der Waals surface area contributed by atoms with Gasteiger partial charge in [-0.2, -0.15) is 0 Å². The first-order valence-electron chi connectivity index (χ1n) is 6.83. The summed E-state index contributed by atoms with van der Waals surface area (Å²) >= 11 is 0. The van der Waals surface area contributed by atoms with E-state index in [0.717, 1.165) is 25.7 Å². The van der Waals surface area contributed by atoms with E-state index in [1.165, 1.54) is 38.5 Å². The molecule has 16 heavy (non-hydrogen) atoms. The zero-order valence-electron chi connectivity index (χ0n) is 11.1. The summed E-state index contributed by atoms with van der Waals surface area (Å²) < 4.78 is 0. The SMILES string of the molecule is CCCCCC#CCCC#CCCCCC. The zero-order chi connectivity index (χ0) is 11.9. The standard InChI is InChI=1S/C16H26/c1-3-5-7-9-11-13-15-16-14-12-10-8-6-4-2/h3-10,15-16H2,1-2H3. The van der Waals surface area contributed by atoms with Gasteiger partial charge in [0.25, 0.3) is 0 Å². The van der Waals surface area contributed by atoms with Crippen molar-refractivity contribution in [3.05, 3.63) is 0 Å². The summed E-state index contributed by atoms with van der Waals surface area (Å²) in [6.45, 7) is 4.45. The molecule has 0 unspecified atom stereocenters. The third kappa shape index (κ3) is 13.1. The molecule has 0 aliphatic rings. The highest BCUT2D eigenvalue weighted by atomic mass is 13.9. The Morgan fingerprint density at radius 1 is 0.500 bits per heavy atom. The van der Waals surface area contributed by atoms with E-state index in [1.54, 1.807) is 0 Å². The number of rotatable bonds is 7. The molecule has 90 valence electrons. The molecule has 0 heterocycles. The fourth-order valence-corrected chi connectivity index (χ4v) is 1.41. The van der Waals surface area contributed by atoms with Gasteiger partial charge in [0.2, 0.25) is 0 Å². The minimum Gasteiger partial charge on any atom is -0.103 e. The smallest absolute Gasteiger partial charge is 0.0198 e. The monoisotopic (exact) mass is 218 g/mol. The molecule has 0 saturated carbocycles. The van der Waals surface area contributed by atoms with Crippen LogP contribution in [-0.2, 0) is 0 Å². The van der Waals surface area contributed by atoms with Crippen molar-refractivity contribution in [2.75, 3.05) is 0 Å². The average Bonchev–Trinajstić information content (AvgIpc) is 2.31. The van der Waals surface area contributed by atoms with Crippen LogP contribution in [0.5, 0.6) is 0 Å². The van der Waals surface area contributed by atoms with Gasteiger partial charge in [-0.3, -0.25) is 0 Å². The Kier molecular flexibility index (Phi) is 13.3. The lowest BCUT2D eigenvalue weighted by molar-refractivity contribution is 0.736. The van der Waals surface area contributed by atoms with Crippen molar-refractivity contribution in [2.24, 2.45) is 0 Å². The molecule has 0 radical (unpaired) electrons. The highest BCUT2D eigenvalue weighted by Gasteiger charge is 1.82. The van der Waals surface area contributed by atoms with Gasteiger partial charge in [-0.15, -0.1) is 23.7 Å². The molecule has 0 N–H and O–H groups in total. The Morgan fingerprint density at radius 2 is 0.875 bits per heavy atom. The van der Waals surface area contributed by atoms with Crippen molar-refractivity contribution in [3.63, 3.8) is 0 Å². The Morgan fingerprint density at radius 3 is 1.25 bits per heavy atom. The van der Waals surface area contributed by atoms with Crippen molar-refractivity contribution in [1.29, 1.82) is 0 Å². The van der Waals surface area contributed by atoms with Gasteiger partial charge in [0.15, 0.2) is 0 Å². The van der Waals surface area contributed by atoms with Gasteiger partial charge in [-0.1, -0.05) is 39.5 Å². The average molecular weight is 218 g/mol. The molecule has 0 aliphatic carbocycles. The van der Waals surface area contributed by atoms with E-state index in [2.05, 4.69) is 37.5 Å². The van der Waals surface area contributed by atoms with Crippen LogP contribution in [0.4, 0.5) is 0 Å². The van der Waals surface area contributed by atoms with Crippen molar-refractivity contribution in [2.45, 2.75) is 78.1 Å². The minimum absolute atomic E-state index is 0.951. The minimum atomic E-state index is 0.951. The summed E-state index contributed by atoms with van der Waals surface area (Å²) in [7, 11) is 0. The van der Waals surface area contributed by atoms with E-state index in [-0.39, 0.29) is 0 Å². The normalized spacial score (nSPS) is 8.88. The molecule has 0 fully saturated rings. The Bertz CT molecular complexity index is 213. The van der Waals surface area contributed by atoms with Crippen LogP contribution in [0, 0.1) is 23.7 Å². The van der Waals surface area contributed by atoms with E-state index < -0.39 is 0 Å². The van der Waals surface area contributed by atoms with Crippen LogP contribution < -0.4 is 0 Å². The van der Waals surface area contributed by atoms with Gasteiger partial charge in [-0.05, 0) is 12.8 Å². The zero-order valence-corrected chi connectivity index (χ0v) is 11.1. The van der Waals surface area contributed by atoms with Crippen LogP contribution >= 0.6 is 0 Å². The van der Waals surface area contributed by atoms with Gasteiger partial charge >= 0.3 is 0 Å². The molecule has 0 aromatic carbocycles. The lowest BCUT2D eigenvalue weighted by atomic mass is 10.2. The largest absolute Gasteiger partial charge is 0.103 e. The molecule has 0 amide bonds. The van der Waals surface area contributed by atoms with Crippen LogP contribution in [0.1, 0.15) is 78.1 Å². The Balaban J connectivity index is 3.24. The molecule has 0 bridgehead atoms. The van der Waals surface area contributed by atoms with Crippen molar-refractivity contribution in [3.8, 4) is 23.7 Å². The highest BCUT2D eigenvalue weighted by molar-refractivity contribution is 5.05. The van der Waals surface area contributed by atoms with Gasteiger partial charge in [0.1, 0.15) is 0 Å². The summed E-state index contributed by atoms with van der Waals surface area (Å²) in [4.78, 5) is 0. The van der Waals surface area contributed by atoms with E-state index in [9.17, 15) is 0 Å². The maximum absolute atomic E-state index is 3.21. The number of hydrogen-bond donors (Lipinski definition) is 0. The van der Waals surface area contributed by atoms with Gasteiger partial charge < -0.3 is 0 Å². The predicted molar refractivity (Wildman–Crippen MR) is 73.1 cm³/mol. The van der Waals surface area contributed by atoms with Crippen LogP contribution in [0.25, 0.3) is 0 Å². The Hall–Kier alpha value is -0.880. The summed E-state index contributed by atoms with van der Waals surface area (Å²) in [6.07, 6.45) is 11.7. The summed E-state index contributed by atoms with van der Waals surface area (Å²) in [6, 6.07) is 0. The highest BCUT2D eigenvalue weighted by Crippen LogP contribution is 1.98. The summed E-state index contributed by atoms with van der Waals surface area (Å²) in [5, 5.41) is 0. The van der Waals surface area contributed by atoms with Gasteiger partial charge in [-0.25, -0.2) is 0 Å². The fourth-order valence-electron chi connectivity index (χ4n) is 1.41. The topological polar surface area (TPSA) is 0 Å². The predicted octanol–water partition coefficient (Wildman–Crippen LogP) is 4.93. The first-order valence-corrected chi connectivity index (χ1v) is 6.83. The van der Waals surface area contributed by atoms with E-state index in [0.29, 0.717) is 0 Å².